The van der Waals surface area contributed by atoms with Gasteiger partial charge in [0.05, 0.1) is 17.4 Å². The van der Waals surface area contributed by atoms with E-state index in [9.17, 15) is 9.18 Å². The van der Waals surface area contributed by atoms with Crippen molar-refractivity contribution in [3.8, 4) is 0 Å². The Balaban J connectivity index is 1.46. The van der Waals surface area contributed by atoms with Crippen LogP contribution >= 0.6 is 11.6 Å². The predicted molar refractivity (Wildman–Crippen MR) is 127 cm³/mol. The molecule has 0 saturated heterocycles. The summed E-state index contributed by atoms with van der Waals surface area (Å²) in [7, 11) is 0. The number of halogens is 2. The van der Waals surface area contributed by atoms with Crippen molar-refractivity contribution in [2.24, 2.45) is 0 Å². The molecule has 33 heavy (non-hydrogen) atoms. The number of nitrogens with one attached hydrogen (secondary N) is 2. The Kier molecular flexibility index (Phi) is 5.30. The lowest BCUT2D eigenvalue weighted by Gasteiger charge is -2.10. The average Bonchev–Trinajstić information content (AvgIpc) is 3.19. The van der Waals surface area contributed by atoms with Crippen molar-refractivity contribution < 1.29 is 4.39 Å². The van der Waals surface area contributed by atoms with Crippen molar-refractivity contribution >= 4 is 39.4 Å². The Bertz CT molecular complexity index is 1580. The van der Waals surface area contributed by atoms with E-state index in [1.807, 2.05) is 31.3 Å². The van der Waals surface area contributed by atoms with Crippen LogP contribution in [0.2, 0.25) is 5.02 Å². The summed E-state index contributed by atoms with van der Waals surface area (Å²) in [6, 6.07) is 11.4. The van der Waals surface area contributed by atoms with Crippen molar-refractivity contribution in [2.75, 3.05) is 5.32 Å². The number of aromatic nitrogens is 5. The summed E-state index contributed by atoms with van der Waals surface area (Å²) in [5.41, 5.74) is 3.71. The summed E-state index contributed by atoms with van der Waals surface area (Å²) < 4.78 is 16.2. The van der Waals surface area contributed by atoms with E-state index < -0.39 is 5.69 Å². The van der Waals surface area contributed by atoms with Gasteiger partial charge in [0.1, 0.15) is 11.6 Å². The first-order valence-corrected chi connectivity index (χ1v) is 10.8. The van der Waals surface area contributed by atoms with Gasteiger partial charge in [0.15, 0.2) is 5.65 Å². The lowest BCUT2D eigenvalue weighted by Crippen LogP contribution is -2.14. The minimum Gasteiger partial charge on any atom is -0.365 e. The predicted octanol–water partition coefficient (Wildman–Crippen LogP) is 4.74. The third-order valence-corrected chi connectivity index (χ3v) is 5.97. The number of benzene rings is 2. The van der Waals surface area contributed by atoms with Gasteiger partial charge >= 0.3 is 5.69 Å². The molecule has 0 bridgehead atoms. The highest BCUT2D eigenvalue weighted by molar-refractivity contribution is 6.31. The average molecular weight is 463 g/mol. The number of H-pyrrole nitrogens is 1. The lowest BCUT2D eigenvalue weighted by molar-refractivity contribution is 0.604. The molecule has 2 aromatic carbocycles. The molecule has 0 aliphatic carbocycles. The van der Waals surface area contributed by atoms with Gasteiger partial charge in [-0.2, -0.15) is 10.1 Å². The molecule has 0 aliphatic heterocycles. The molecule has 5 rings (SSSR count). The molecule has 0 fully saturated rings. The van der Waals surface area contributed by atoms with Gasteiger partial charge < -0.3 is 5.32 Å². The molecular weight excluding hydrogens is 443 g/mol. The number of aromatic amines is 1. The second-order valence-corrected chi connectivity index (χ2v) is 8.38. The van der Waals surface area contributed by atoms with Crippen LogP contribution in [0.5, 0.6) is 0 Å². The van der Waals surface area contributed by atoms with E-state index >= 15 is 0 Å². The molecule has 166 valence electrons. The Labute approximate surface area is 193 Å². The first kappa shape index (κ1) is 21.1. The van der Waals surface area contributed by atoms with E-state index in [-0.39, 0.29) is 12.4 Å². The topological polar surface area (TPSA) is 88.5 Å². The van der Waals surface area contributed by atoms with Crippen LogP contribution < -0.4 is 11.0 Å². The highest BCUT2D eigenvalue weighted by Crippen LogP contribution is 2.25. The number of anilines is 1. The molecule has 0 saturated carbocycles. The third kappa shape index (κ3) is 4.05. The normalized spacial score (nSPS) is 11.4. The minimum absolute atomic E-state index is 0.0803. The molecule has 5 aromatic rings. The number of hydrogen-bond acceptors (Lipinski definition) is 5. The van der Waals surface area contributed by atoms with E-state index in [4.69, 9.17) is 11.6 Å². The minimum atomic E-state index is -0.547. The van der Waals surface area contributed by atoms with Gasteiger partial charge in [0.25, 0.3) is 0 Å². The first-order valence-electron chi connectivity index (χ1n) is 10.4. The maximum Gasteiger partial charge on any atom is 0.348 e. The van der Waals surface area contributed by atoms with E-state index in [1.54, 1.807) is 29.9 Å². The van der Waals surface area contributed by atoms with Gasteiger partial charge in [-0.15, -0.1) is 0 Å². The van der Waals surface area contributed by atoms with Crippen LogP contribution in [0, 0.1) is 19.7 Å². The second-order valence-electron chi connectivity index (χ2n) is 7.98. The number of fused-ring (bicyclic) bond motifs is 2. The van der Waals surface area contributed by atoms with Gasteiger partial charge in [-0.1, -0.05) is 29.8 Å². The highest BCUT2D eigenvalue weighted by Gasteiger charge is 2.14. The molecule has 0 aliphatic rings. The van der Waals surface area contributed by atoms with Gasteiger partial charge in [-0.25, -0.2) is 9.18 Å². The molecule has 2 N–H and O–H groups in total. The summed E-state index contributed by atoms with van der Waals surface area (Å²) in [6.45, 7) is 4.27. The van der Waals surface area contributed by atoms with Crippen LogP contribution in [0.15, 0.2) is 53.6 Å². The Morgan fingerprint density at radius 1 is 1.15 bits per heavy atom. The molecule has 0 unspecified atom stereocenters. The number of nitrogens with zero attached hydrogens (tertiary/aromatic N) is 4. The maximum atomic E-state index is 14.5. The fourth-order valence-electron chi connectivity index (χ4n) is 3.86. The van der Waals surface area contributed by atoms with E-state index in [0.29, 0.717) is 39.5 Å². The van der Waals surface area contributed by atoms with Crippen LogP contribution in [0.1, 0.15) is 22.3 Å². The van der Waals surface area contributed by atoms with E-state index in [0.717, 1.165) is 22.0 Å². The maximum absolute atomic E-state index is 14.5. The van der Waals surface area contributed by atoms with Crippen LogP contribution in [0.25, 0.3) is 21.9 Å². The van der Waals surface area contributed by atoms with Crippen molar-refractivity contribution in [1.29, 1.82) is 0 Å². The number of rotatable bonds is 5. The highest BCUT2D eigenvalue weighted by atomic mass is 35.5. The Hall–Kier alpha value is -3.78. The first-order chi connectivity index (χ1) is 15.9. The largest absolute Gasteiger partial charge is 0.365 e. The van der Waals surface area contributed by atoms with Gasteiger partial charge in [0.2, 0.25) is 0 Å². The van der Waals surface area contributed by atoms with Gasteiger partial charge in [-0.3, -0.25) is 14.6 Å². The molecule has 0 spiro atoms. The standard InChI is InChI=1S/C24H20ClFN6O/c1-13-4-3-5-20-16(13)8-15(9-27-20)11-32-12-18-22(29-24(33)30-23(18)31-32)28-10-17-19(25)7-6-14(2)21(17)26/h3-9,12H,10-11H2,1-2H3,(H2,28,29,30,31,33). The molecule has 9 heteroatoms. The second kappa shape index (κ2) is 8.29. The van der Waals surface area contributed by atoms with Crippen LogP contribution in [-0.2, 0) is 13.1 Å². The zero-order valence-electron chi connectivity index (χ0n) is 18.0. The van der Waals surface area contributed by atoms with E-state index in [1.165, 1.54) is 0 Å². The molecule has 3 heterocycles. The number of hydrogen-bond donors (Lipinski definition) is 2. The summed E-state index contributed by atoms with van der Waals surface area (Å²) in [6.07, 6.45) is 3.60. The fourth-order valence-corrected chi connectivity index (χ4v) is 4.07. The number of aryl methyl sites for hydroxylation is 2. The van der Waals surface area contributed by atoms with Crippen LogP contribution in [0.4, 0.5) is 10.2 Å². The zero-order chi connectivity index (χ0) is 23.1. The van der Waals surface area contributed by atoms with Crippen molar-refractivity contribution in [1.82, 2.24) is 24.7 Å². The summed E-state index contributed by atoms with van der Waals surface area (Å²) in [5, 5.41) is 9.54. The van der Waals surface area contributed by atoms with Crippen molar-refractivity contribution in [3.63, 3.8) is 0 Å². The molecular formula is C24H20ClFN6O. The quantitative estimate of drug-likeness (QED) is 0.394. The summed E-state index contributed by atoms with van der Waals surface area (Å²) in [4.78, 5) is 23.3. The van der Waals surface area contributed by atoms with Crippen LogP contribution in [-0.4, -0.2) is 24.7 Å². The monoisotopic (exact) mass is 462 g/mol. The smallest absolute Gasteiger partial charge is 0.348 e. The Morgan fingerprint density at radius 3 is 2.85 bits per heavy atom. The molecule has 0 amide bonds. The lowest BCUT2D eigenvalue weighted by atomic mass is 10.1. The SMILES string of the molecule is Cc1ccc(Cl)c(CNc2nc(=O)[nH]c3nn(Cc4cnc5cccc(C)c5c4)cc23)c1F. The van der Waals surface area contributed by atoms with Gasteiger partial charge in [-0.05, 0) is 48.7 Å². The van der Waals surface area contributed by atoms with Gasteiger partial charge in [0, 0.05) is 34.9 Å². The molecule has 7 nitrogen and oxygen atoms in total. The molecule has 3 aromatic heterocycles. The van der Waals surface area contributed by atoms with Crippen molar-refractivity contribution in [2.45, 2.75) is 26.9 Å². The summed E-state index contributed by atoms with van der Waals surface area (Å²) in [5.74, 6) is -0.0738. The Morgan fingerprint density at radius 2 is 2.00 bits per heavy atom. The molecule has 0 atom stereocenters. The molecule has 0 radical (unpaired) electrons. The fraction of sp³-hybridized carbons (Fsp3) is 0.167. The van der Waals surface area contributed by atoms with E-state index in [2.05, 4.69) is 31.4 Å². The number of pyridine rings is 1. The third-order valence-electron chi connectivity index (χ3n) is 5.61. The summed E-state index contributed by atoms with van der Waals surface area (Å²) >= 11 is 6.17. The zero-order valence-corrected chi connectivity index (χ0v) is 18.7. The van der Waals surface area contributed by atoms with Crippen molar-refractivity contribution in [3.05, 3.63) is 92.4 Å². The van der Waals surface area contributed by atoms with Crippen LogP contribution in [0.3, 0.4) is 0 Å².